The molecule has 1 aliphatic carbocycles. The first-order chi connectivity index (χ1) is 17.4. The number of rotatable bonds is 9. The fourth-order valence-electron chi connectivity index (χ4n) is 4.46. The highest BCUT2D eigenvalue weighted by molar-refractivity contribution is 5.96. The van der Waals surface area contributed by atoms with E-state index in [9.17, 15) is 27.9 Å². The molecule has 3 rings (SSSR count). The molecular formula is C26H31F3N4O4. The first kappa shape index (κ1) is 28.1. The number of carbonyl (C=O) groups is 2. The van der Waals surface area contributed by atoms with Crippen molar-refractivity contribution in [2.75, 3.05) is 13.7 Å². The average molecular weight is 521 g/mol. The van der Waals surface area contributed by atoms with Crippen molar-refractivity contribution in [1.82, 2.24) is 15.6 Å². The van der Waals surface area contributed by atoms with E-state index >= 15 is 0 Å². The molecule has 11 heteroatoms. The second kappa shape index (κ2) is 11.7. The summed E-state index contributed by atoms with van der Waals surface area (Å²) in [7, 11) is 1.51. The monoisotopic (exact) mass is 520 g/mol. The minimum atomic E-state index is -4.57. The highest BCUT2D eigenvalue weighted by Gasteiger charge is 2.37. The summed E-state index contributed by atoms with van der Waals surface area (Å²) >= 11 is 0. The van der Waals surface area contributed by atoms with Crippen molar-refractivity contribution in [3.63, 3.8) is 0 Å². The number of alkyl halides is 3. The third-order valence-electron chi connectivity index (χ3n) is 6.51. The molecule has 0 unspecified atom stereocenters. The van der Waals surface area contributed by atoms with E-state index in [0.717, 1.165) is 18.2 Å². The maximum Gasteiger partial charge on any atom is 0.416 e. The standard InChI is InChI=1S/C26H31F3N4O4/c1-16(32-22(34)15-31-24(35)18-5-3-6-19(14-18)26(27,28)29)13-20(30)17-9-11-25(36,12-10-17)21-7-4-8-23(33-21)37-2/h3-8,14,16-17,30,36H,9-13,15H2,1-2H3,(H,31,35)(H,32,34)/t16-,17?,25?/m1/s1. The number of benzene rings is 1. The highest BCUT2D eigenvalue weighted by Crippen LogP contribution is 2.40. The molecule has 2 amide bonds. The van der Waals surface area contributed by atoms with Gasteiger partial charge in [0.15, 0.2) is 0 Å². The Labute approximate surface area is 213 Å². The molecule has 1 atom stereocenters. The second-order valence-corrected chi connectivity index (χ2v) is 9.33. The van der Waals surface area contributed by atoms with E-state index in [1.54, 1.807) is 25.1 Å². The zero-order chi connectivity index (χ0) is 27.2. The number of aliphatic hydroxyl groups is 1. The molecule has 37 heavy (non-hydrogen) atoms. The molecule has 1 saturated carbocycles. The number of amides is 2. The van der Waals surface area contributed by atoms with Crippen molar-refractivity contribution >= 4 is 17.5 Å². The topological polar surface area (TPSA) is 124 Å². The number of carbonyl (C=O) groups excluding carboxylic acids is 2. The first-order valence-electron chi connectivity index (χ1n) is 12.0. The summed E-state index contributed by atoms with van der Waals surface area (Å²) in [6.45, 7) is 1.33. The van der Waals surface area contributed by atoms with Crippen molar-refractivity contribution in [1.29, 1.82) is 5.41 Å². The number of hydrogen-bond donors (Lipinski definition) is 4. The molecule has 4 N–H and O–H groups in total. The second-order valence-electron chi connectivity index (χ2n) is 9.33. The van der Waals surface area contributed by atoms with Crippen molar-refractivity contribution in [3.8, 4) is 5.88 Å². The molecule has 0 aliphatic heterocycles. The van der Waals surface area contributed by atoms with E-state index in [2.05, 4.69) is 15.6 Å². The number of nitrogens with zero attached hydrogens (tertiary/aromatic N) is 1. The van der Waals surface area contributed by atoms with Gasteiger partial charge >= 0.3 is 6.18 Å². The molecule has 0 spiro atoms. The summed E-state index contributed by atoms with van der Waals surface area (Å²) in [5, 5.41) is 24.6. The minimum absolute atomic E-state index is 0.0363. The van der Waals surface area contributed by atoms with Gasteiger partial charge in [0.1, 0.15) is 5.60 Å². The third-order valence-corrected chi connectivity index (χ3v) is 6.51. The third kappa shape index (κ3) is 7.51. The highest BCUT2D eigenvalue weighted by atomic mass is 19.4. The maximum absolute atomic E-state index is 12.8. The Kier molecular flexibility index (Phi) is 8.90. The van der Waals surface area contributed by atoms with Gasteiger partial charge in [-0.25, -0.2) is 4.98 Å². The fraction of sp³-hybridized carbons (Fsp3) is 0.462. The predicted octanol–water partition coefficient (Wildman–Crippen LogP) is 3.83. The molecule has 0 radical (unpaired) electrons. The lowest BCUT2D eigenvalue weighted by atomic mass is 9.74. The number of ether oxygens (including phenoxy) is 1. The van der Waals surface area contributed by atoms with Gasteiger partial charge in [-0.1, -0.05) is 12.1 Å². The summed E-state index contributed by atoms with van der Waals surface area (Å²) in [5.41, 5.74) is -1.22. The van der Waals surface area contributed by atoms with Gasteiger partial charge in [-0.15, -0.1) is 0 Å². The van der Waals surface area contributed by atoms with Crippen LogP contribution in [-0.4, -0.2) is 47.3 Å². The predicted molar refractivity (Wildman–Crippen MR) is 130 cm³/mol. The van der Waals surface area contributed by atoms with Gasteiger partial charge in [0.2, 0.25) is 11.8 Å². The van der Waals surface area contributed by atoms with Crippen LogP contribution in [0, 0.1) is 11.3 Å². The van der Waals surface area contributed by atoms with E-state index in [4.69, 9.17) is 10.1 Å². The van der Waals surface area contributed by atoms with Gasteiger partial charge in [0.05, 0.1) is 24.9 Å². The van der Waals surface area contributed by atoms with Crippen molar-refractivity contribution < 1.29 is 32.6 Å². The Morgan fingerprint density at radius 2 is 1.89 bits per heavy atom. The number of nitrogens with one attached hydrogen (secondary N) is 3. The molecule has 1 heterocycles. The zero-order valence-corrected chi connectivity index (χ0v) is 20.7. The van der Waals surface area contributed by atoms with Gasteiger partial charge in [-0.05, 0) is 62.8 Å². The van der Waals surface area contributed by atoms with E-state index in [1.165, 1.54) is 13.2 Å². The number of halogens is 3. The number of methoxy groups -OCH3 is 1. The Balaban J connectivity index is 1.44. The lowest BCUT2D eigenvalue weighted by molar-refractivity contribution is -0.137. The quantitative estimate of drug-likeness (QED) is 0.374. The lowest BCUT2D eigenvalue weighted by Crippen LogP contribution is -2.42. The molecule has 1 fully saturated rings. The summed E-state index contributed by atoms with van der Waals surface area (Å²) in [6.07, 6.45) is -2.18. The average Bonchev–Trinajstić information content (AvgIpc) is 2.87. The molecule has 8 nitrogen and oxygen atoms in total. The van der Waals surface area contributed by atoms with Crippen LogP contribution in [0.4, 0.5) is 13.2 Å². The van der Waals surface area contributed by atoms with E-state index < -0.39 is 35.7 Å². The maximum atomic E-state index is 12.8. The number of pyridine rings is 1. The van der Waals surface area contributed by atoms with Gasteiger partial charge < -0.3 is 25.9 Å². The summed E-state index contributed by atoms with van der Waals surface area (Å²) in [5.74, 6) is -0.910. The Bertz CT molecular complexity index is 1130. The normalized spacial score (nSPS) is 20.5. The lowest BCUT2D eigenvalue weighted by Gasteiger charge is -2.36. The molecule has 1 aliphatic rings. The van der Waals surface area contributed by atoms with Crippen LogP contribution in [0.25, 0.3) is 0 Å². The van der Waals surface area contributed by atoms with E-state index in [0.29, 0.717) is 49.4 Å². The van der Waals surface area contributed by atoms with Crippen LogP contribution in [0.2, 0.25) is 0 Å². The fourth-order valence-corrected chi connectivity index (χ4v) is 4.46. The molecule has 0 saturated heterocycles. The summed E-state index contributed by atoms with van der Waals surface area (Å²) < 4.78 is 43.7. The Morgan fingerprint density at radius 3 is 2.54 bits per heavy atom. The SMILES string of the molecule is COc1cccc(C2(O)CCC(C(=N)C[C@@H](C)NC(=O)CNC(=O)c3cccc(C(F)(F)F)c3)CC2)n1. The summed E-state index contributed by atoms with van der Waals surface area (Å²) in [6, 6.07) is 8.83. The van der Waals surface area contributed by atoms with Crippen molar-refractivity contribution in [3.05, 3.63) is 59.3 Å². The van der Waals surface area contributed by atoms with Gasteiger partial charge in [-0.2, -0.15) is 13.2 Å². The van der Waals surface area contributed by atoms with Crippen LogP contribution >= 0.6 is 0 Å². The van der Waals surface area contributed by atoms with Gasteiger partial charge in [0, 0.05) is 29.8 Å². The number of aromatic nitrogens is 1. The molecule has 1 aromatic heterocycles. The summed E-state index contributed by atoms with van der Waals surface area (Å²) in [4.78, 5) is 28.8. The van der Waals surface area contributed by atoms with Crippen LogP contribution in [0.3, 0.4) is 0 Å². The van der Waals surface area contributed by atoms with Crippen LogP contribution in [0.1, 0.15) is 60.6 Å². The van der Waals surface area contributed by atoms with Crippen LogP contribution in [0.5, 0.6) is 5.88 Å². The van der Waals surface area contributed by atoms with E-state index in [1.807, 2.05) is 0 Å². The molecule has 2 aromatic rings. The van der Waals surface area contributed by atoms with Crippen LogP contribution < -0.4 is 15.4 Å². The molecule has 1 aromatic carbocycles. The molecule has 200 valence electrons. The molecule has 0 bridgehead atoms. The number of hydrogen-bond acceptors (Lipinski definition) is 6. The Morgan fingerprint density at radius 1 is 1.22 bits per heavy atom. The molecular weight excluding hydrogens is 489 g/mol. The first-order valence-corrected chi connectivity index (χ1v) is 12.0. The van der Waals surface area contributed by atoms with Gasteiger partial charge in [-0.3, -0.25) is 9.59 Å². The van der Waals surface area contributed by atoms with Crippen molar-refractivity contribution in [2.45, 2.75) is 56.8 Å². The minimum Gasteiger partial charge on any atom is -0.481 e. The smallest absolute Gasteiger partial charge is 0.416 e. The van der Waals surface area contributed by atoms with Crippen LogP contribution in [-0.2, 0) is 16.6 Å². The Hall–Kier alpha value is -3.47. The van der Waals surface area contributed by atoms with Crippen LogP contribution in [0.15, 0.2) is 42.5 Å². The largest absolute Gasteiger partial charge is 0.481 e. The van der Waals surface area contributed by atoms with Gasteiger partial charge in [0.25, 0.3) is 5.91 Å². The van der Waals surface area contributed by atoms with Crippen molar-refractivity contribution in [2.24, 2.45) is 5.92 Å². The van der Waals surface area contributed by atoms with E-state index in [-0.39, 0.29) is 17.5 Å². The zero-order valence-electron chi connectivity index (χ0n) is 20.7.